The lowest BCUT2D eigenvalue weighted by molar-refractivity contribution is 0.0469. The van der Waals surface area contributed by atoms with Gasteiger partial charge >= 0.3 is 0 Å². The molecule has 1 aromatic carbocycles. The quantitative estimate of drug-likeness (QED) is 0.321. The minimum Gasteiger partial charge on any atom is -0.370 e. The molecule has 42 heavy (non-hydrogen) atoms. The summed E-state index contributed by atoms with van der Waals surface area (Å²) in [5.41, 5.74) is 7.32. The fraction of sp³-hybridized carbons (Fsp3) is 0.622. The summed E-state index contributed by atoms with van der Waals surface area (Å²) >= 11 is 0. The number of hydrogen-bond acceptors (Lipinski definition) is 4. The summed E-state index contributed by atoms with van der Waals surface area (Å²) in [6, 6.07) is 7.17. The summed E-state index contributed by atoms with van der Waals surface area (Å²) in [5, 5.41) is 1.48. The molecule has 226 valence electrons. The molecule has 4 heterocycles. The van der Waals surface area contributed by atoms with Crippen LogP contribution in [-0.4, -0.2) is 84.3 Å². The number of rotatable bonds is 8. The van der Waals surface area contributed by atoms with Crippen molar-refractivity contribution in [3.8, 4) is 0 Å². The molecule has 0 amide bonds. The van der Waals surface area contributed by atoms with Crippen LogP contribution in [0, 0.1) is 6.92 Å². The van der Waals surface area contributed by atoms with E-state index >= 15 is 0 Å². The van der Waals surface area contributed by atoms with Gasteiger partial charge in [-0.15, -0.1) is 0 Å². The smallest absolute Gasteiger partial charge is 0.109 e. The van der Waals surface area contributed by atoms with Crippen molar-refractivity contribution >= 4 is 10.9 Å². The molecule has 0 bridgehead atoms. The number of likely N-dealkylation sites (tertiary alicyclic amines) is 2. The van der Waals surface area contributed by atoms with E-state index in [1.54, 1.807) is 5.56 Å². The lowest BCUT2D eigenvalue weighted by atomic mass is 9.81. The van der Waals surface area contributed by atoms with Gasteiger partial charge in [-0.1, -0.05) is 49.3 Å². The van der Waals surface area contributed by atoms with Crippen LogP contribution >= 0.6 is 0 Å². The van der Waals surface area contributed by atoms with Crippen molar-refractivity contribution in [1.82, 2.24) is 19.3 Å². The maximum Gasteiger partial charge on any atom is 0.109 e. The minimum atomic E-state index is 0.0854. The van der Waals surface area contributed by atoms with Crippen LogP contribution in [0.25, 0.3) is 10.9 Å². The predicted octanol–water partition coefficient (Wildman–Crippen LogP) is 6.98. The Morgan fingerprint density at radius 3 is 2.31 bits per heavy atom. The third-order valence-corrected chi connectivity index (χ3v) is 10.7. The molecule has 5 aliphatic rings. The van der Waals surface area contributed by atoms with Gasteiger partial charge in [0.25, 0.3) is 0 Å². The Morgan fingerprint density at radius 2 is 1.62 bits per heavy atom. The summed E-state index contributed by atoms with van der Waals surface area (Å²) < 4.78 is 9.58. The third-order valence-electron chi connectivity index (χ3n) is 10.7. The Balaban J connectivity index is 1.22. The second-order valence-corrected chi connectivity index (χ2v) is 13.5. The van der Waals surface area contributed by atoms with Gasteiger partial charge in [0.05, 0.1) is 6.61 Å². The fourth-order valence-corrected chi connectivity index (χ4v) is 8.48. The number of piperidine rings is 2. The van der Waals surface area contributed by atoms with Crippen molar-refractivity contribution in [1.29, 1.82) is 0 Å². The van der Waals surface area contributed by atoms with Gasteiger partial charge in [0.1, 0.15) is 6.10 Å². The first kappa shape index (κ1) is 28.4. The van der Waals surface area contributed by atoms with Gasteiger partial charge in [0.2, 0.25) is 0 Å². The molecular formula is C37H52N4O. The molecule has 2 fully saturated rings. The molecule has 5 nitrogen and oxygen atoms in total. The van der Waals surface area contributed by atoms with Gasteiger partial charge in [-0.2, -0.15) is 0 Å². The van der Waals surface area contributed by atoms with Gasteiger partial charge in [-0.3, -0.25) is 0 Å². The Kier molecular flexibility index (Phi) is 8.88. The Hall–Kier alpha value is -2.34. The average molecular weight is 569 g/mol. The highest BCUT2D eigenvalue weighted by Gasteiger charge is 2.38. The molecule has 5 heteroatoms. The second-order valence-electron chi connectivity index (χ2n) is 13.5. The van der Waals surface area contributed by atoms with E-state index in [1.807, 2.05) is 0 Å². The third kappa shape index (κ3) is 5.89. The lowest BCUT2D eigenvalue weighted by Crippen LogP contribution is -2.45. The van der Waals surface area contributed by atoms with E-state index in [9.17, 15) is 0 Å². The first-order chi connectivity index (χ1) is 20.8. The molecule has 2 saturated heterocycles. The highest BCUT2D eigenvalue weighted by Crippen LogP contribution is 2.46. The predicted molar refractivity (Wildman–Crippen MR) is 174 cm³/mol. The molecule has 3 unspecified atom stereocenters. The zero-order chi connectivity index (χ0) is 28.3. The zero-order valence-electron chi connectivity index (χ0n) is 26.0. The molecule has 0 N–H and O–H groups in total. The lowest BCUT2D eigenvalue weighted by Gasteiger charge is -2.39. The highest BCUT2D eigenvalue weighted by molar-refractivity contribution is 5.87. The van der Waals surface area contributed by atoms with Crippen molar-refractivity contribution in [2.45, 2.75) is 89.2 Å². The number of aryl methyl sites for hydroxylation is 1. The van der Waals surface area contributed by atoms with Gasteiger partial charge in [0.15, 0.2) is 0 Å². The van der Waals surface area contributed by atoms with Gasteiger partial charge in [0, 0.05) is 60.9 Å². The standard InChI is InChI=1S/C37H52N4O/c1-29-16-17-31-34(28-29)41-26-27-42-37-32(36(41)35(31)30-12-5-2-6-13-30)14-11-15-33(37)40(24-22-38-18-7-3-8-19-38)25-23-39-20-9-4-10-21-39/h2,5,11,14-17,28,30,32,37H,3-4,6-10,12-13,18-27H2,1H3. The number of ether oxygens (including phenoxy) is 1. The molecular weight excluding hydrogens is 516 g/mol. The van der Waals surface area contributed by atoms with Crippen LogP contribution in [-0.2, 0) is 11.3 Å². The zero-order valence-corrected chi connectivity index (χ0v) is 26.0. The topological polar surface area (TPSA) is 23.9 Å². The first-order valence-corrected chi connectivity index (χ1v) is 17.2. The van der Waals surface area contributed by atoms with Crippen molar-refractivity contribution in [2.75, 3.05) is 59.0 Å². The van der Waals surface area contributed by atoms with Gasteiger partial charge in [-0.25, -0.2) is 0 Å². The van der Waals surface area contributed by atoms with Crippen molar-refractivity contribution in [2.24, 2.45) is 0 Å². The van der Waals surface area contributed by atoms with Crippen LogP contribution in [0.15, 0.2) is 54.3 Å². The van der Waals surface area contributed by atoms with Crippen LogP contribution in [0.4, 0.5) is 0 Å². The van der Waals surface area contributed by atoms with E-state index in [0.29, 0.717) is 5.92 Å². The molecule has 2 aromatic rings. The number of hydrogen-bond donors (Lipinski definition) is 0. The number of allylic oxidation sites excluding steroid dienone is 4. The molecule has 0 spiro atoms. The second kappa shape index (κ2) is 13.1. The van der Waals surface area contributed by atoms with E-state index in [4.69, 9.17) is 4.74 Å². The molecule has 0 radical (unpaired) electrons. The highest BCUT2D eigenvalue weighted by atomic mass is 16.5. The van der Waals surface area contributed by atoms with Crippen molar-refractivity contribution < 1.29 is 4.74 Å². The SMILES string of the molecule is Cc1ccc2c(C3CC=CCC3)c3n(c2c1)CCOC1C(N(CCN2CCCCC2)CCN2CCCCC2)=CC=CC31. The molecule has 0 saturated carbocycles. The summed E-state index contributed by atoms with van der Waals surface area (Å²) in [4.78, 5) is 8.14. The first-order valence-electron chi connectivity index (χ1n) is 17.2. The molecule has 2 aliphatic carbocycles. The molecule has 1 aromatic heterocycles. The number of nitrogens with zero attached hydrogens (tertiary/aromatic N) is 4. The van der Waals surface area contributed by atoms with Crippen molar-refractivity contribution in [3.63, 3.8) is 0 Å². The van der Waals surface area contributed by atoms with Crippen LogP contribution in [0.2, 0.25) is 0 Å². The Morgan fingerprint density at radius 1 is 0.881 bits per heavy atom. The number of aromatic nitrogens is 1. The van der Waals surface area contributed by atoms with Crippen LogP contribution in [0.1, 0.15) is 86.4 Å². The number of fused-ring (bicyclic) bond motifs is 5. The summed E-state index contributed by atoms with van der Waals surface area (Å²) in [6.07, 6.45) is 23.9. The van der Waals surface area contributed by atoms with Crippen molar-refractivity contribution in [3.05, 3.63) is 71.1 Å². The minimum absolute atomic E-state index is 0.0854. The van der Waals surface area contributed by atoms with Crippen LogP contribution in [0.5, 0.6) is 0 Å². The molecule has 7 rings (SSSR count). The van der Waals surface area contributed by atoms with E-state index in [-0.39, 0.29) is 12.0 Å². The maximum absolute atomic E-state index is 6.92. The van der Waals surface area contributed by atoms with Crippen LogP contribution < -0.4 is 0 Å². The Labute approximate surface area is 253 Å². The maximum atomic E-state index is 6.92. The average Bonchev–Trinajstić information content (AvgIpc) is 3.22. The fourth-order valence-electron chi connectivity index (χ4n) is 8.48. The summed E-state index contributed by atoms with van der Waals surface area (Å²) in [7, 11) is 0. The van der Waals surface area contributed by atoms with Gasteiger partial charge in [-0.05, 0) is 107 Å². The summed E-state index contributed by atoms with van der Waals surface area (Å²) in [6.45, 7) is 13.5. The van der Waals surface area contributed by atoms with E-state index in [0.717, 1.165) is 45.8 Å². The normalized spacial score (nSPS) is 27.0. The monoisotopic (exact) mass is 568 g/mol. The van der Waals surface area contributed by atoms with E-state index < -0.39 is 0 Å². The Bertz CT molecular complexity index is 1290. The van der Waals surface area contributed by atoms with E-state index in [1.165, 1.54) is 105 Å². The summed E-state index contributed by atoms with van der Waals surface area (Å²) in [5.74, 6) is 0.848. The van der Waals surface area contributed by atoms with Gasteiger partial charge < -0.3 is 24.0 Å². The van der Waals surface area contributed by atoms with E-state index in [2.05, 4.69) is 74.8 Å². The number of benzene rings is 1. The molecule has 3 aliphatic heterocycles. The molecule has 3 atom stereocenters. The van der Waals surface area contributed by atoms with Crippen LogP contribution in [0.3, 0.4) is 0 Å². The largest absolute Gasteiger partial charge is 0.370 e.